The number of rotatable bonds is 4. The SMILES string of the molecule is CCCCCc1cc(O)c2c(c1)OC(C)(C)C=C2C. The molecular weight excluding hydrogens is 236 g/mol. The Morgan fingerprint density at radius 1 is 1.21 bits per heavy atom. The summed E-state index contributed by atoms with van der Waals surface area (Å²) in [7, 11) is 0. The zero-order chi connectivity index (χ0) is 14.0. The minimum atomic E-state index is -0.300. The van der Waals surface area contributed by atoms with E-state index in [1.54, 1.807) is 0 Å². The lowest BCUT2D eigenvalue weighted by Gasteiger charge is -2.31. The molecule has 2 rings (SSSR count). The van der Waals surface area contributed by atoms with E-state index in [4.69, 9.17) is 4.74 Å². The molecule has 0 amide bonds. The highest BCUT2D eigenvalue weighted by Crippen LogP contribution is 2.41. The molecule has 0 bridgehead atoms. The van der Waals surface area contributed by atoms with Gasteiger partial charge in [-0.25, -0.2) is 0 Å². The standard InChI is InChI=1S/C17H24O2/c1-5-6-7-8-13-9-14(18)16-12(2)11-17(3,4)19-15(16)10-13/h9-11,18H,5-8H2,1-4H3. The van der Waals surface area contributed by atoms with Gasteiger partial charge in [-0.3, -0.25) is 0 Å². The van der Waals surface area contributed by atoms with Crippen molar-refractivity contribution >= 4 is 5.57 Å². The van der Waals surface area contributed by atoms with Gasteiger partial charge in [0.2, 0.25) is 0 Å². The Kier molecular flexibility index (Phi) is 3.88. The lowest BCUT2D eigenvalue weighted by Crippen LogP contribution is -2.28. The molecule has 2 heteroatoms. The molecule has 0 spiro atoms. The smallest absolute Gasteiger partial charge is 0.132 e. The molecule has 0 aliphatic carbocycles. The number of phenols is 1. The zero-order valence-electron chi connectivity index (χ0n) is 12.4. The van der Waals surface area contributed by atoms with Crippen LogP contribution in [0.3, 0.4) is 0 Å². The number of allylic oxidation sites excluding steroid dienone is 1. The minimum Gasteiger partial charge on any atom is -0.507 e. The molecule has 0 radical (unpaired) electrons. The third-order valence-corrected chi connectivity index (χ3v) is 3.54. The van der Waals surface area contributed by atoms with Crippen molar-refractivity contribution in [1.29, 1.82) is 0 Å². The molecule has 19 heavy (non-hydrogen) atoms. The van der Waals surface area contributed by atoms with Crippen LogP contribution in [0.25, 0.3) is 5.57 Å². The molecule has 1 heterocycles. The van der Waals surface area contributed by atoms with Crippen molar-refractivity contribution in [3.05, 3.63) is 29.3 Å². The molecule has 0 unspecified atom stereocenters. The van der Waals surface area contributed by atoms with Crippen molar-refractivity contribution in [2.75, 3.05) is 0 Å². The van der Waals surface area contributed by atoms with E-state index in [0.717, 1.165) is 35.3 Å². The minimum absolute atomic E-state index is 0.300. The Morgan fingerprint density at radius 2 is 1.95 bits per heavy atom. The first-order valence-electron chi connectivity index (χ1n) is 7.17. The Hall–Kier alpha value is -1.44. The van der Waals surface area contributed by atoms with E-state index >= 15 is 0 Å². The maximum Gasteiger partial charge on any atom is 0.132 e. The molecule has 0 saturated carbocycles. The Morgan fingerprint density at radius 3 is 2.63 bits per heavy atom. The number of fused-ring (bicyclic) bond motifs is 1. The van der Waals surface area contributed by atoms with E-state index in [-0.39, 0.29) is 5.60 Å². The Labute approximate surface area is 116 Å². The molecule has 1 N–H and O–H groups in total. The first-order valence-corrected chi connectivity index (χ1v) is 7.17. The number of aromatic hydroxyl groups is 1. The van der Waals surface area contributed by atoms with Crippen molar-refractivity contribution in [3.63, 3.8) is 0 Å². The van der Waals surface area contributed by atoms with Gasteiger partial charge >= 0.3 is 0 Å². The summed E-state index contributed by atoms with van der Waals surface area (Å²) in [5.41, 5.74) is 2.79. The monoisotopic (exact) mass is 260 g/mol. The molecule has 0 fully saturated rings. The second kappa shape index (κ2) is 5.28. The van der Waals surface area contributed by atoms with E-state index in [1.165, 1.54) is 12.8 Å². The average molecular weight is 260 g/mol. The summed E-state index contributed by atoms with van der Waals surface area (Å²) in [6, 6.07) is 3.97. The highest BCUT2D eigenvalue weighted by molar-refractivity contribution is 5.76. The van der Waals surface area contributed by atoms with Gasteiger partial charge in [0.25, 0.3) is 0 Å². The lowest BCUT2D eigenvalue weighted by atomic mass is 9.93. The second-order valence-corrected chi connectivity index (χ2v) is 5.98. The normalized spacial score (nSPS) is 16.5. The van der Waals surface area contributed by atoms with Gasteiger partial charge in [0.1, 0.15) is 17.1 Å². The van der Waals surface area contributed by atoms with Crippen LogP contribution in [0.4, 0.5) is 0 Å². The third kappa shape index (κ3) is 3.12. The molecule has 1 aromatic rings. The molecule has 1 aromatic carbocycles. The van der Waals surface area contributed by atoms with Crippen LogP contribution in [-0.2, 0) is 6.42 Å². The maximum atomic E-state index is 10.2. The van der Waals surface area contributed by atoms with Crippen LogP contribution in [0.15, 0.2) is 18.2 Å². The first-order chi connectivity index (χ1) is 8.93. The van der Waals surface area contributed by atoms with Crippen molar-refractivity contribution in [2.24, 2.45) is 0 Å². The van der Waals surface area contributed by atoms with Crippen LogP contribution in [0.5, 0.6) is 11.5 Å². The highest BCUT2D eigenvalue weighted by atomic mass is 16.5. The van der Waals surface area contributed by atoms with Crippen molar-refractivity contribution in [3.8, 4) is 11.5 Å². The van der Waals surface area contributed by atoms with Gasteiger partial charge in [-0.1, -0.05) is 19.8 Å². The number of aryl methyl sites for hydroxylation is 1. The fourth-order valence-corrected chi connectivity index (χ4v) is 2.76. The second-order valence-electron chi connectivity index (χ2n) is 5.98. The quantitative estimate of drug-likeness (QED) is 0.795. The summed E-state index contributed by atoms with van der Waals surface area (Å²) in [6.45, 7) is 8.31. The first kappa shape index (κ1) is 14.0. The molecule has 104 valence electrons. The van der Waals surface area contributed by atoms with Gasteiger partial charge in [-0.15, -0.1) is 0 Å². The third-order valence-electron chi connectivity index (χ3n) is 3.54. The Bertz CT molecular complexity index is 498. The van der Waals surface area contributed by atoms with E-state index in [2.05, 4.69) is 19.1 Å². The predicted octanol–water partition coefficient (Wildman–Crippen LogP) is 4.70. The van der Waals surface area contributed by atoms with Gasteiger partial charge in [-0.2, -0.15) is 0 Å². The van der Waals surface area contributed by atoms with E-state index in [0.29, 0.717) is 5.75 Å². The van der Waals surface area contributed by atoms with Gasteiger partial charge in [0, 0.05) is 0 Å². The summed E-state index contributed by atoms with van der Waals surface area (Å²) < 4.78 is 5.98. The van der Waals surface area contributed by atoms with Crippen LogP contribution >= 0.6 is 0 Å². The van der Waals surface area contributed by atoms with Crippen LogP contribution in [0.1, 0.15) is 58.1 Å². The molecule has 1 aliphatic heterocycles. The van der Waals surface area contributed by atoms with Gasteiger partial charge in [0.15, 0.2) is 0 Å². The fourth-order valence-electron chi connectivity index (χ4n) is 2.76. The van der Waals surface area contributed by atoms with Crippen LogP contribution in [0, 0.1) is 0 Å². The molecule has 2 nitrogen and oxygen atoms in total. The van der Waals surface area contributed by atoms with E-state index in [1.807, 2.05) is 26.8 Å². The van der Waals surface area contributed by atoms with Gasteiger partial charge in [0.05, 0.1) is 5.56 Å². The summed E-state index contributed by atoms with van der Waals surface area (Å²) in [5, 5.41) is 10.2. The zero-order valence-corrected chi connectivity index (χ0v) is 12.4. The maximum absolute atomic E-state index is 10.2. The number of phenolic OH excluding ortho intramolecular Hbond substituents is 1. The molecule has 1 aliphatic rings. The average Bonchev–Trinajstić information content (AvgIpc) is 2.26. The highest BCUT2D eigenvalue weighted by Gasteiger charge is 2.27. The number of hydrogen-bond acceptors (Lipinski definition) is 2. The van der Waals surface area contributed by atoms with Gasteiger partial charge < -0.3 is 9.84 Å². The lowest BCUT2D eigenvalue weighted by molar-refractivity contribution is 0.157. The van der Waals surface area contributed by atoms with Crippen molar-refractivity contribution in [2.45, 2.75) is 59.0 Å². The summed E-state index contributed by atoms with van der Waals surface area (Å²) in [5.74, 6) is 1.16. The Balaban J connectivity index is 2.31. The van der Waals surface area contributed by atoms with Crippen LogP contribution in [0.2, 0.25) is 0 Å². The molecule has 0 saturated heterocycles. The topological polar surface area (TPSA) is 29.5 Å². The molecule has 0 atom stereocenters. The summed E-state index contributed by atoms with van der Waals surface area (Å²) >= 11 is 0. The molecular formula is C17H24O2. The fraction of sp³-hybridized carbons (Fsp3) is 0.529. The predicted molar refractivity (Wildman–Crippen MR) is 79.7 cm³/mol. The van der Waals surface area contributed by atoms with Gasteiger partial charge in [-0.05, 0) is 63.0 Å². The van der Waals surface area contributed by atoms with Crippen molar-refractivity contribution < 1.29 is 9.84 Å². The van der Waals surface area contributed by atoms with Crippen molar-refractivity contribution in [1.82, 2.24) is 0 Å². The summed E-state index contributed by atoms with van der Waals surface area (Å²) in [6.07, 6.45) is 6.66. The van der Waals surface area contributed by atoms with Crippen LogP contribution < -0.4 is 4.74 Å². The van der Waals surface area contributed by atoms with E-state index < -0.39 is 0 Å². The van der Waals surface area contributed by atoms with E-state index in [9.17, 15) is 5.11 Å². The largest absolute Gasteiger partial charge is 0.507 e. The van der Waals surface area contributed by atoms with Crippen LogP contribution in [-0.4, -0.2) is 10.7 Å². The summed E-state index contributed by atoms with van der Waals surface area (Å²) in [4.78, 5) is 0. The number of ether oxygens (including phenoxy) is 1. The number of hydrogen-bond donors (Lipinski definition) is 1. The number of benzene rings is 1. The molecule has 0 aromatic heterocycles. The number of unbranched alkanes of at least 4 members (excludes halogenated alkanes) is 2.